The van der Waals surface area contributed by atoms with Crippen molar-refractivity contribution >= 4 is 11.5 Å². The van der Waals surface area contributed by atoms with Crippen molar-refractivity contribution in [2.24, 2.45) is 10.4 Å². The first-order chi connectivity index (χ1) is 11.4. The molecule has 0 unspecified atom stereocenters. The second kappa shape index (κ2) is 6.54. The zero-order valence-electron chi connectivity index (χ0n) is 14.9. The monoisotopic (exact) mass is 329 g/mol. The fraction of sp³-hybridized carbons (Fsp3) is 0.632. The Bertz CT molecular complexity index is 642. The molecule has 3 rings (SSSR count). The summed E-state index contributed by atoms with van der Waals surface area (Å²) < 4.78 is 0. The third-order valence-electron chi connectivity index (χ3n) is 5.28. The number of nitro groups is 1. The van der Waals surface area contributed by atoms with Crippen LogP contribution in [0.15, 0.2) is 29.3 Å². The molecule has 0 saturated heterocycles. The van der Waals surface area contributed by atoms with Crippen LogP contribution in [0.5, 0.6) is 0 Å². The Morgan fingerprint density at radius 1 is 1.17 bits per heavy atom. The number of aliphatic imine (C=N–C) groups is 1. The van der Waals surface area contributed by atoms with Gasteiger partial charge in [0.2, 0.25) is 0 Å². The first kappa shape index (κ1) is 16.9. The minimum atomic E-state index is -0.290. The van der Waals surface area contributed by atoms with Crippen molar-refractivity contribution in [2.45, 2.75) is 65.0 Å². The topological polar surface area (TPSA) is 58.7 Å². The summed E-state index contributed by atoms with van der Waals surface area (Å²) in [6.45, 7) is 7.46. The lowest BCUT2D eigenvalue weighted by Crippen LogP contribution is -2.42. The molecule has 0 amide bonds. The van der Waals surface area contributed by atoms with Gasteiger partial charge in [0, 0.05) is 18.7 Å². The molecule has 5 heteroatoms. The predicted molar refractivity (Wildman–Crippen MR) is 96.5 cm³/mol. The van der Waals surface area contributed by atoms with E-state index >= 15 is 0 Å². The number of nitro benzene ring substituents is 1. The second-order valence-electron chi connectivity index (χ2n) is 8.05. The maximum absolute atomic E-state index is 11.5. The lowest BCUT2D eigenvalue weighted by atomic mass is 9.87. The number of nitrogens with zero attached hydrogens (tertiary/aromatic N) is 3. The van der Waals surface area contributed by atoms with Crippen LogP contribution in [0.25, 0.3) is 0 Å². The van der Waals surface area contributed by atoms with Crippen LogP contribution in [0.1, 0.15) is 58.4 Å². The highest BCUT2D eigenvalue weighted by Gasteiger charge is 2.39. The van der Waals surface area contributed by atoms with Crippen molar-refractivity contribution in [3.05, 3.63) is 39.9 Å². The van der Waals surface area contributed by atoms with E-state index in [9.17, 15) is 10.1 Å². The van der Waals surface area contributed by atoms with Crippen molar-refractivity contribution in [1.82, 2.24) is 4.90 Å². The van der Waals surface area contributed by atoms with E-state index < -0.39 is 0 Å². The summed E-state index contributed by atoms with van der Waals surface area (Å²) in [4.78, 5) is 18.5. The maximum Gasteiger partial charge on any atom is 0.280 e. The number of hydrogen-bond acceptors (Lipinski definition) is 4. The van der Waals surface area contributed by atoms with Crippen LogP contribution >= 0.6 is 0 Å². The Labute approximate surface area is 143 Å². The van der Waals surface area contributed by atoms with Crippen molar-refractivity contribution in [3.63, 3.8) is 0 Å². The molecule has 1 atom stereocenters. The minimum Gasteiger partial charge on any atom is -0.351 e. The van der Waals surface area contributed by atoms with Gasteiger partial charge in [-0.1, -0.05) is 52.2 Å². The molecule has 1 heterocycles. The Morgan fingerprint density at radius 3 is 2.46 bits per heavy atom. The lowest BCUT2D eigenvalue weighted by Gasteiger charge is -2.35. The van der Waals surface area contributed by atoms with Gasteiger partial charge in [0.05, 0.1) is 16.5 Å². The van der Waals surface area contributed by atoms with Gasteiger partial charge in [-0.25, -0.2) is 0 Å². The number of amidine groups is 1. The summed E-state index contributed by atoms with van der Waals surface area (Å²) in [6.07, 6.45) is 6.11. The van der Waals surface area contributed by atoms with E-state index in [1.807, 2.05) is 12.1 Å². The smallest absolute Gasteiger partial charge is 0.280 e. The zero-order valence-corrected chi connectivity index (χ0v) is 14.9. The summed E-state index contributed by atoms with van der Waals surface area (Å²) in [6, 6.07) is 7.66. The van der Waals surface area contributed by atoms with Gasteiger partial charge >= 0.3 is 0 Å². The van der Waals surface area contributed by atoms with Gasteiger partial charge in [0.25, 0.3) is 5.69 Å². The molecule has 0 bridgehead atoms. The molecule has 0 radical (unpaired) electrons. The van der Waals surface area contributed by atoms with Crippen LogP contribution in [0.4, 0.5) is 5.69 Å². The molecular weight excluding hydrogens is 302 g/mol. The van der Waals surface area contributed by atoms with Crippen LogP contribution < -0.4 is 0 Å². The fourth-order valence-corrected chi connectivity index (χ4v) is 3.76. The first-order valence-corrected chi connectivity index (χ1v) is 8.96. The molecule has 1 aromatic carbocycles. The molecule has 5 nitrogen and oxygen atoms in total. The largest absolute Gasteiger partial charge is 0.351 e. The molecular formula is C19H27N3O2. The number of rotatable bonds is 3. The summed E-state index contributed by atoms with van der Waals surface area (Å²) in [7, 11) is 0. The Morgan fingerprint density at radius 2 is 1.83 bits per heavy atom. The highest BCUT2D eigenvalue weighted by atomic mass is 16.6. The van der Waals surface area contributed by atoms with Crippen LogP contribution in [-0.4, -0.2) is 34.3 Å². The van der Waals surface area contributed by atoms with Gasteiger partial charge in [0.15, 0.2) is 0 Å². The Hall–Kier alpha value is -1.91. The minimum absolute atomic E-state index is 0.0538. The molecule has 0 N–H and O–H groups in total. The van der Waals surface area contributed by atoms with E-state index in [4.69, 9.17) is 4.99 Å². The SMILES string of the molecule is CC(C)(C)[C@H]1CN(C2CCCCC2)C(c2ccccc2[N+](=O)[O-])=N1. The van der Waals surface area contributed by atoms with Gasteiger partial charge in [-0.3, -0.25) is 15.1 Å². The standard InChI is InChI=1S/C19H27N3O2/c1-19(2,3)17-13-21(14-9-5-4-6-10-14)18(20-17)15-11-7-8-12-16(15)22(23)24/h7-8,11-12,14,17H,4-6,9-10,13H2,1-3H3/t17-/m1/s1. The molecule has 1 aliphatic heterocycles. The molecule has 130 valence electrons. The molecule has 0 spiro atoms. The summed E-state index contributed by atoms with van der Waals surface area (Å²) in [5, 5.41) is 11.5. The highest BCUT2D eigenvalue weighted by Crippen LogP contribution is 2.35. The molecule has 1 aromatic rings. The zero-order chi connectivity index (χ0) is 17.3. The third-order valence-corrected chi connectivity index (χ3v) is 5.28. The Balaban J connectivity index is 2.01. The molecule has 1 aliphatic carbocycles. The number of para-hydroxylation sites is 1. The van der Waals surface area contributed by atoms with E-state index in [1.165, 1.54) is 19.3 Å². The Kier molecular flexibility index (Phi) is 4.61. The van der Waals surface area contributed by atoms with Crippen molar-refractivity contribution in [3.8, 4) is 0 Å². The average molecular weight is 329 g/mol. The number of benzene rings is 1. The van der Waals surface area contributed by atoms with E-state index in [2.05, 4.69) is 25.7 Å². The lowest BCUT2D eigenvalue weighted by molar-refractivity contribution is -0.385. The second-order valence-corrected chi connectivity index (χ2v) is 8.05. The average Bonchev–Trinajstić information content (AvgIpc) is 3.01. The van der Waals surface area contributed by atoms with Gasteiger partial charge in [0.1, 0.15) is 5.84 Å². The normalized spacial score (nSPS) is 22.5. The molecule has 0 aromatic heterocycles. The van der Waals surface area contributed by atoms with Crippen LogP contribution in [-0.2, 0) is 0 Å². The highest BCUT2D eigenvalue weighted by molar-refractivity contribution is 6.03. The molecule has 2 aliphatic rings. The molecule has 24 heavy (non-hydrogen) atoms. The van der Waals surface area contributed by atoms with E-state index in [-0.39, 0.29) is 22.1 Å². The predicted octanol–water partition coefficient (Wildman–Crippen LogP) is 4.40. The van der Waals surface area contributed by atoms with Crippen molar-refractivity contribution in [2.75, 3.05) is 6.54 Å². The third kappa shape index (κ3) is 3.30. The van der Waals surface area contributed by atoms with Crippen LogP contribution in [0.3, 0.4) is 0 Å². The summed E-state index contributed by atoms with van der Waals surface area (Å²) in [5.41, 5.74) is 0.879. The summed E-state index contributed by atoms with van der Waals surface area (Å²) >= 11 is 0. The van der Waals surface area contributed by atoms with Crippen LogP contribution in [0, 0.1) is 15.5 Å². The van der Waals surface area contributed by atoms with Gasteiger partial charge < -0.3 is 4.90 Å². The first-order valence-electron chi connectivity index (χ1n) is 8.96. The van der Waals surface area contributed by atoms with E-state index in [0.29, 0.717) is 11.6 Å². The van der Waals surface area contributed by atoms with Gasteiger partial charge in [-0.15, -0.1) is 0 Å². The van der Waals surface area contributed by atoms with Crippen molar-refractivity contribution in [1.29, 1.82) is 0 Å². The van der Waals surface area contributed by atoms with Crippen molar-refractivity contribution < 1.29 is 4.92 Å². The maximum atomic E-state index is 11.5. The fourth-order valence-electron chi connectivity index (χ4n) is 3.76. The van der Waals surface area contributed by atoms with Gasteiger partial charge in [-0.2, -0.15) is 0 Å². The van der Waals surface area contributed by atoms with E-state index in [1.54, 1.807) is 12.1 Å². The summed E-state index contributed by atoms with van der Waals surface area (Å²) in [5.74, 6) is 0.828. The van der Waals surface area contributed by atoms with E-state index in [0.717, 1.165) is 25.2 Å². The quantitative estimate of drug-likeness (QED) is 0.610. The number of hydrogen-bond donors (Lipinski definition) is 0. The van der Waals surface area contributed by atoms with Gasteiger partial charge in [-0.05, 0) is 24.3 Å². The molecule has 1 fully saturated rings. The molecule has 1 saturated carbocycles. The van der Waals surface area contributed by atoms with Crippen LogP contribution in [0.2, 0.25) is 0 Å².